The smallest absolute Gasteiger partial charge is 0.0925 e. The van der Waals surface area contributed by atoms with Gasteiger partial charge in [-0.3, -0.25) is 0 Å². The minimum absolute atomic E-state index is 1.06. The molecule has 100 valence electrons. The number of allylic oxidation sites excluding steroid dienone is 3. The second-order valence-electron chi connectivity index (χ2n) is 4.92. The predicted octanol–water partition coefficient (Wildman–Crippen LogP) is 2.24. The Labute approximate surface area is 119 Å². The molecule has 4 heteroatoms. The highest BCUT2D eigenvalue weighted by molar-refractivity contribution is 8.01. The molecule has 2 fully saturated rings. The van der Waals surface area contributed by atoms with Crippen LogP contribution < -0.4 is 5.32 Å². The van der Waals surface area contributed by atoms with Crippen molar-refractivity contribution in [2.75, 3.05) is 32.7 Å². The van der Waals surface area contributed by atoms with E-state index < -0.39 is 0 Å². The summed E-state index contributed by atoms with van der Waals surface area (Å²) in [4.78, 5) is 3.39. The Morgan fingerprint density at radius 1 is 1.16 bits per heavy atom. The molecular weight excluding hydrogens is 254 g/mol. The van der Waals surface area contributed by atoms with E-state index in [2.05, 4.69) is 44.7 Å². The molecule has 2 heterocycles. The highest BCUT2D eigenvalue weighted by Gasteiger charge is 2.18. The molecule has 2 saturated heterocycles. The minimum Gasteiger partial charge on any atom is -0.339 e. The molecule has 1 aliphatic carbocycles. The molecule has 1 N–H and O–H groups in total. The monoisotopic (exact) mass is 273 g/mol. The zero-order valence-electron chi connectivity index (χ0n) is 11.1. The molecule has 19 heavy (non-hydrogen) atoms. The molecule has 3 rings (SSSR count). The minimum atomic E-state index is 1.06. The summed E-state index contributed by atoms with van der Waals surface area (Å²) in [5, 5.41) is 3.36. The molecule has 2 aliphatic heterocycles. The van der Waals surface area contributed by atoms with Crippen molar-refractivity contribution < 1.29 is 0 Å². The van der Waals surface area contributed by atoms with Gasteiger partial charge in [0.1, 0.15) is 0 Å². The van der Waals surface area contributed by atoms with Crippen LogP contribution in [0.3, 0.4) is 0 Å². The summed E-state index contributed by atoms with van der Waals surface area (Å²) in [6.07, 6.45) is 6.58. The molecule has 0 aromatic rings. The third-order valence-corrected chi connectivity index (χ3v) is 4.59. The van der Waals surface area contributed by atoms with Gasteiger partial charge >= 0.3 is 0 Å². The van der Waals surface area contributed by atoms with Gasteiger partial charge in [0.2, 0.25) is 0 Å². The number of rotatable bonds is 3. The highest BCUT2D eigenvalue weighted by Crippen LogP contribution is 2.28. The van der Waals surface area contributed by atoms with Crippen LogP contribution in [0.5, 0.6) is 0 Å². The van der Waals surface area contributed by atoms with Gasteiger partial charge < -0.3 is 10.2 Å². The van der Waals surface area contributed by atoms with Crippen LogP contribution in [-0.2, 0) is 0 Å². The summed E-state index contributed by atoms with van der Waals surface area (Å²) < 4.78 is 2.38. The predicted molar refractivity (Wildman–Crippen MR) is 80.3 cm³/mol. The van der Waals surface area contributed by atoms with Gasteiger partial charge in [-0.05, 0) is 42.7 Å². The summed E-state index contributed by atoms with van der Waals surface area (Å²) in [5.74, 6) is 0. The number of hydrogen-bond acceptors (Lipinski definition) is 4. The SMILES string of the molecule is C=C1CCCN1C1=C=C=C(SN2CCNCC2)C=C1. The van der Waals surface area contributed by atoms with Crippen molar-refractivity contribution in [3.8, 4) is 0 Å². The molecule has 3 aliphatic rings. The first kappa shape index (κ1) is 12.9. The largest absolute Gasteiger partial charge is 0.339 e. The van der Waals surface area contributed by atoms with Gasteiger partial charge in [-0.1, -0.05) is 12.3 Å². The van der Waals surface area contributed by atoms with E-state index in [9.17, 15) is 0 Å². The Hall–Kier alpha value is -1.15. The molecule has 0 bridgehead atoms. The van der Waals surface area contributed by atoms with Crippen molar-refractivity contribution >= 4 is 11.9 Å². The van der Waals surface area contributed by atoms with Crippen molar-refractivity contribution in [3.05, 3.63) is 46.5 Å². The van der Waals surface area contributed by atoms with Gasteiger partial charge in [0.25, 0.3) is 0 Å². The summed E-state index contributed by atoms with van der Waals surface area (Å²) in [6.45, 7) is 9.48. The van der Waals surface area contributed by atoms with Crippen LogP contribution in [0.4, 0.5) is 0 Å². The lowest BCUT2D eigenvalue weighted by Gasteiger charge is -2.26. The Morgan fingerprint density at radius 2 is 2.00 bits per heavy atom. The Kier molecular flexibility index (Phi) is 3.97. The molecule has 0 unspecified atom stereocenters. The summed E-state index contributed by atoms with van der Waals surface area (Å²) in [7, 11) is 0. The number of piperazine rings is 1. The van der Waals surface area contributed by atoms with Crippen LogP contribution in [0.2, 0.25) is 0 Å². The summed E-state index contributed by atoms with van der Waals surface area (Å²) in [6, 6.07) is 0. The van der Waals surface area contributed by atoms with Crippen LogP contribution in [0.1, 0.15) is 12.8 Å². The average Bonchev–Trinajstić information content (AvgIpc) is 2.87. The van der Waals surface area contributed by atoms with E-state index in [1.807, 2.05) is 0 Å². The topological polar surface area (TPSA) is 18.5 Å². The molecule has 0 radical (unpaired) electrons. The van der Waals surface area contributed by atoms with E-state index >= 15 is 0 Å². The zero-order valence-corrected chi connectivity index (χ0v) is 11.9. The molecule has 0 aromatic heterocycles. The van der Waals surface area contributed by atoms with Crippen LogP contribution in [-0.4, -0.2) is 41.9 Å². The fourth-order valence-electron chi connectivity index (χ4n) is 2.47. The van der Waals surface area contributed by atoms with E-state index in [0.29, 0.717) is 0 Å². The fraction of sp³-hybridized carbons (Fsp3) is 0.467. The first-order chi connectivity index (χ1) is 9.33. The number of likely N-dealkylation sites (tertiary alicyclic amines) is 1. The fourth-order valence-corrected chi connectivity index (χ4v) is 3.34. The lowest BCUT2D eigenvalue weighted by atomic mass is 10.3. The van der Waals surface area contributed by atoms with Gasteiger partial charge in [-0.25, -0.2) is 4.31 Å². The van der Waals surface area contributed by atoms with Crippen LogP contribution >= 0.6 is 11.9 Å². The summed E-state index contributed by atoms with van der Waals surface area (Å²) >= 11 is 1.78. The molecule has 3 nitrogen and oxygen atoms in total. The van der Waals surface area contributed by atoms with Crippen molar-refractivity contribution in [1.29, 1.82) is 0 Å². The van der Waals surface area contributed by atoms with Crippen LogP contribution in [0.25, 0.3) is 0 Å². The lowest BCUT2D eigenvalue weighted by molar-refractivity contribution is 0.398. The van der Waals surface area contributed by atoms with Gasteiger partial charge in [-0.2, -0.15) is 0 Å². The second kappa shape index (κ2) is 5.87. The maximum absolute atomic E-state index is 4.10. The summed E-state index contributed by atoms with van der Waals surface area (Å²) in [5.41, 5.74) is 8.86. The maximum Gasteiger partial charge on any atom is 0.0925 e. The quantitative estimate of drug-likeness (QED) is 0.627. The van der Waals surface area contributed by atoms with Gasteiger partial charge in [0, 0.05) is 38.4 Å². The molecular formula is C15H19N3S. The van der Waals surface area contributed by atoms with E-state index in [4.69, 9.17) is 0 Å². The third-order valence-electron chi connectivity index (χ3n) is 3.53. The van der Waals surface area contributed by atoms with Crippen molar-refractivity contribution in [3.63, 3.8) is 0 Å². The molecule has 0 aromatic carbocycles. The third kappa shape index (κ3) is 3.06. The first-order valence-corrected chi connectivity index (χ1v) is 7.63. The van der Waals surface area contributed by atoms with E-state index in [1.54, 1.807) is 11.9 Å². The average molecular weight is 273 g/mol. The zero-order chi connectivity index (χ0) is 13.1. The van der Waals surface area contributed by atoms with Crippen molar-refractivity contribution in [1.82, 2.24) is 14.5 Å². The Balaban J connectivity index is 1.70. The van der Waals surface area contributed by atoms with Gasteiger partial charge in [0.15, 0.2) is 0 Å². The van der Waals surface area contributed by atoms with Crippen LogP contribution in [0.15, 0.2) is 46.5 Å². The molecule has 0 saturated carbocycles. The second-order valence-corrected chi connectivity index (χ2v) is 6.06. The van der Waals surface area contributed by atoms with E-state index in [-0.39, 0.29) is 0 Å². The van der Waals surface area contributed by atoms with E-state index in [1.165, 1.54) is 12.1 Å². The standard InChI is InChI=1S/C15H19N3S/c1-13-3-2-10-18(13)14-4-6-15(7-5-14)19-17-11-8-16-9-12-17/h4,6,16H,1-3,8-12H2. The van der Waals surface area contributed by atoms with Crippen molar-refractivity contribution in [2.45, 2.75) is 12.8 Å². The number of nitrogens with zero attached hydrogens (tertiary/aromatic N) is 2. The molecule has 0 atom stereocenters. The first-order valence-electron chi connectivity index (χ1n) is 6.86. The van der Waals surface area contributed by atoms with Crippen molar-refractivity contribution in [2.24, 2.45) is 0 Å². The Morgan fingerprint density at radius 3 is 2.63 bits per heavy atom. The highest BCUT2D eigenvalue weighted by atomic mass is 32.2. The van der Waals surface area contributed by atoms with Crippen LogP contribution in [0, 0.1) is 0 Å². The normalized spacial score (nSPS) is 23.8. The van der Waals surface area contributed by atoms with Gasteiger partial charge in [-0.15, -0.1) is 0 Å². The lowest BCUT2D eigenvalue weighted by Crippen LogP contribution is -2.39. The Bertz CT molecular complexity index is 501. The van der Waals surface area contributed by atoms with E-state index in [0.717, 1.165) is 49.7 Å². The molecule has 0 spiro atoms. The number of nitrogens with one attached hydrogen (secondary N) is 1. The maximum atomic E-state index is 4.10. The number of hydrogen-bond donors (Lipinski definition) is 1. The van der Waals surface area contributed by atoms with Gasteiger partial charge in [0.05, 0.1) is 10.6 Å². The molecule has 0 amide bonds.